The number of carbonyl (C=O) groups is 1. The molecule has 124 valence electrons. The van der Waals surface area contributed by atoms with Crippen LogP contribution in [0.15, 0.2) is 78.2 Å². The molecule has 1 N–H and O–H groups in total. The standard InChI is InChI=1S/C23H14O2S/c24-23(25)20-8-4-7-17(10-9-16-5-2-1-3-6-16)22(20)19-11-12-21-18(15-19)13-14-26-21/h1-8,11-15H,(H,24,25). The van der Waals surface area contributed by atoms with Crippen molar-refractivity contribution in [3.63, 3.8) is 0 Å². The number of rotatable bonds is 2. The summed E-state index contributed by atoms with van der Waals surface area (Å²) in [5.41, 5.74) is 3.40. The number of benzene rings is 3. The molecule has 2 nitrogen and oxygen atoms in total. The van der Waals surface area contributed by atoms with Crippen molar-refractivity contribution in [2.24, 2.45) is 0 Å². The third-order valence-corrected chi connectivity index (χ3v) is 5.05. The van der Waals surface area contributed by atoms with Gasteiger partial charge in [-0.1, -0.05) is 42.2 Å². The van der Waals surface area contributed by atoms with Gasteiger partial charge in [-0.3, -0.25) is 0 Å². The predicted molar refractivity (Wildman–Crippen MR) is 107 cm³/mol. The minimum Gasteiger partial charge on any atom is -0.478 e. The summed E-state index contributed by atoms with van der Waals surface area (Å²) < 4.78 is 1.18. The maximum absolute atomic E-state index is 11.8. The molecule has 0 bridgehead atoms. The van der Waals surface area contributed by atoms with E-state index in [9.17, 15) is 9.90 Å². The second-order valence-corrected chi connectivity index (χ2v) is 6.77. The molecule has 0 aliphatic rings. The zero-order chi connectivity index (χ0) is 17.9. The van der Waals surface area contributed by atoms with Crippen molar-refractivity contribution in [1.82, 2.24) is 0 Å². The van der Waals surface area contributed by atoms with Gasteiger partial charge in [0.25, 0.3) is 0 Å². The largest absolute Gasteiger partial charge is 0.478 e. The lowest BCUT2D eigenvalue weighted by atomic mass is 9.93. The Bertz CT molecular complexity index is 1160. The van der Waals surface area contributed by atoms with Gasteiger partial charge in [0.1, 0.15) is 0 Å². The Morgan fingerprint density at radius 2 is 1.73 bits per heavy atom. The van der Waals surface area contributed by atoms with Crippen LogP contribution in [-0.2, 0) is 0 Å². The summed E-state index contributed by atoms with van der Waals surface area (Å²) >= 11 is 1.67. The van der Waals surface area contributed by atoms with E-state index in [2.05, 4.69) is 11.8 Å². The van der Waals surface area contributed by atoms with Crippen molar-refractivity contribution < 1.29 is 9.90 Å². The first-order chi connectivity index (χ1) is 12.7. The highest BCUT2D eigenvalue weighted by Gasteiger charge is 2.15. The number of hydrogen-bond acceptors (Lipinski definition) is 2. The van der Waals surface area contributed by atoms with Crippen LogP contribution in [-0.4, -0.2) is 11.1 Å². The molecule has 0 spiro atoms. The summed E-state index contributed by atoms with van der Waals surface area (Å²) in [6.45, 7) is 0. The monoisotopic (exact) mass is 354 g/mol. The van der Waals surface area contributed by atoms with Gasteiger partial charge >= 0.3 is 5.97 Å². The Hall–Kier alpha value is -3.35. The SMILES string of the molecule is O=C(O)c1cccc(C#Cc2ccccc2)c1-c1ccc2sccc2c1. The third kappa shape index (κ3) is 3.11. The van der Waals surface area contributed by atoms with Crippen molar-refractivity contribution in [2.75, 3.05) is 0 Å². The van der Waals surface area contributed by atoms with Gasteiger partial charge in [-0.15, -0.1) is 11.3 Å². The molecule has 0 fully saturated rings. The first-order valence-corrected chi connectivity index (χ1v) is 9.01. The highest BCUT2D eigenvalue weighted by atomic mass is 32.1. The predicted octanol–water partition coefficient (Wildman–Crippen LogP) is 5.67. The molecule has 4 aromatic rings. The van der Waals surface area contributed by atoms with Crippen molar-refractivity contribution in [3.8, 4) is 23.0 Å². The second-order valence-electron chi connectivity index (χ2n) is 5.82. The molecule has 0 saturated carbocycles. The van der Waals surface area contributed by atoms with E-state index < -0.39 is 5.97 Å². The average Bonchev–Trinajstić information content (AvgIpc) is 3.14. The molecule has 0 amide bonds. The zero-order valence-corrected chi connectivity index (χ0v) is 14.6. The fourth-order valence-electron chi connectivity index (χ4n) is 2.93. The molecule has 4 rings (SSSR count). The van der Waals surface area contributed by atoms with Crippen LogP contribution in [0, 0.1) is 11.8 Å². The number of carboxylic acid groups (broad SMARTS) is 1. The van der Waals surface area contributed by atoms with Crippen LogP contribution in [0.3, 0.4) is 0 Å². The summed E-state index contributed by atoms with van der Waals surface area (Å²) in [6.07, 6.45) is 0. The summed E-state index contributed by atoms with van der Waals surface area (Å²) in [6, 6.07) is 23.0. The van der Waals surface area contributed by atoms with E-state index in [1.54, 1.807) is 23.5 Å². The molecule has 0 aliphatic carbocycles. The summed E-state index contributed by atoms with van der Waals surface area (Å²) in [5.74, 6) is 5.33. The minimum absolute atomic E-state index is 0.263. The van der Waals surface area contributed by atoms with Gasteiger partial charge in [-0.05, 0) is 58.8 Å². The molecule has 3 aromatic carbocycles. The van der Waals surface area contributed by atoms with Crippen LogP contribution in [0.2, 0.25) is 0 Å². The Morgan fingerprint density at radius 3 is 2.54 bits per heavy atom. The van der Waals surface area contributed by atoms with Gasteiger partial charge in [0.2, 0.25) is 0 Å². The summed E-state index contributed by atoms with van der Waals surface area (Å²) in [5, 5.41) is 12.8. The van der Waals surface area contributed by atoms with Crippen molar-refractivity contribution in [2.45, 2.75) is 0 Å². The van der Waals surface area contributed by atoms with Gasteiger partial charge in [-0.2, -0.15) is 0 Å². The number of hydrogen-bond donors (Lipinski definition) is 1. The number of thiophene rings is 1. The van der Waals surface area contributed by atoms with Gasteiger partial charge in [-0.25, -0.2) is 4.79 Å². The van der Waals surface area contributed by atoms with Crippen LogP contribution >= 0.6 is 11.3 Å². The highest BCUT2D eigenvalue weighted by molar-refractivity contribution is 7.17. The molecule has 0 aliphatic heterocycles. The molecule has 0 radical (unpaired) electrons. The van der Waals surface area contributed by atoms with E-state index in [1.165, 1.54) is 4.70 Å². The van der Waals surface area contributed by atoms with Gasteiger partial charge in [0.15, 0.2) is 0 Å². The van der Waals surface area contributed by atoms with Crippen LogP contribution in [0.1, 0.15) is 21.5 Å². The van der Waals surface area contributed by atoms with E-state index in [0.717, 1.165) is 16.5 Å². The Balaban J connectivity index is 1.91. The lowest BCUT2D eigenvalue weighted by Gasteiger charge is -2.09. The fourth-order valence-corrected chi connectivity index (χ4v) is 3.70. The van der Waals surface area contributed by atoms with Gasteiger partial charge in [0.05, 0.1) is 5.56 Å². The van der Waals surface area contributed by atoms with E-state index >= 15 is 0 Å². The molecular weight excluding hydrogens is 340 g/mol. The van der Waals surface area contributed by atoms with Gasteiger partial charge < -0.3 is 5.11 Å². The summed E-state index contributed by atoms with van der Waals surface area (Å²) in [7, 11) is 0. The van der Waals surface area contributed by atoms with Crippen LogP contribution < -0.4 is 0 Å². The highest BCUT2D eigenvalue weighted by Crippen LogP contribution is 2.32. The first kappa shape index (κ1) is 16.1. The molecule has 0 unspecified atom stereocenters. The Kier molecular flexibility index (Phi) is 4.27. The van der Waals surface area contributed by atoms with Crippen molar-refractivity contribution in [1.29, 1.82) is 0 Å². The molecule has 1 heterocycles. The van der Waals surface area contributed by atoms with Crippen LogP contribution in [0.4, 0.5) is 0 Å². The maximum atomic E-state index is 11.8. The molecular formula is C23H14O2S. The molecule has 26 heavy (non-hydrogen) atoms. The maximum Gasteiger partial charge on any atom is 0.336 e. The van der Waals surface area contributed by atoms with Crippen LogP contribution in [0.25, 0.3) is 21.2 Å². The fraction of sp³-hybridized carbons (Fsp3) is 0. The smallest absolute Gasteiger partial charge is 0.336 e. The van der Waals surface area contributed by atoms with E-state index in [4.69, 9.17) is 0 Å². The minimum atomic E-state index is -0.950. The molecule has 0 saturated heterocycles. The van der Waals surface area contributed by atoms with Crippen LogP contribution in [0.5, 0.6) is 0 Å². The lowest BCUT2D eigenvalue weighted by Crippen LogP contribution is -2.01. The molecule has 3 heteroatoms. The normalized spacial score (nSPS) is 10.3. The van der Waals surface area contributed by atoms with Gasteiger partial charge in [0, 0.05) is 21.4 Å². The number of carboxylic acids is 1. The first-order valence-electron chi connectivity index (χ1n) is 8.13. The second kappa shape index (κ2) is 6.87. The van der Waals surface area contributed by atoms with E-state index in [1.807, 2.05) is 66.0 Å². The Labute approximate surface area is 155 Å². The Morgan fingerprint density at radius 1 is 0.885 bits per heavy atom. The number of aromatic carboxylic acids is 1. The van der Waals surface area contributed by atoms with E-state index in [0.29, 0.717) is 11.1 Å². The topological polar surface area (TPSA) is 37.3 Å². The third-order valence-electron chi connectivity index (χ3n) is 4.15. The zero-order valence-electron chi connectivity index (χ0n) is 13.8. The quantitative estimate of drug-likeness (QED) is 0.471. The van der Waals surface area contributed by atoms with Crippen molar-refractivity contribution in [3.05, 3.63) is 94.9 Å². The van der Waals surface area contributed by atoms with E-state index in [-0.39, 0.29) is 5.56 Å². The molecule has 0 atom stereocenters. The molecule has 1 aromatic heterocycles. The number of fused-ring (bicyclic) bond motifs is 1. The average molecular weight is 354 g/mol. The summed E-state index contributed by atoms with van der Waals surface area (Å²) in [4.78, 5) is 11.8. The lowest BCUT2D eigenvalue weighted by molar-refractivity contribution is 0.0697. The van der Waals surface area contributed by atoms with Crippen molar-refractivity contribution >= 4 is 27.4 Å².